The molecule has 0 spiro atoms. The van der Waals surface area contributed by atoms with Crippen molar-refractivity contribution in [2.24, 2.45) is 0 Å². The Morgan fingerprint density at radius 1 is 1.41 bits per heavy atom. The van der Waals surface area contributed by atoms with E-state index in [4.69, 9.17) is 11.6 Å². The van der Waals surface area contributed by atoms with Gasteiger partial charge in [0.1, 0.15) is 0 Å². The number of thiazole rings is 1. The number of benzene rings is 1. The summed E-state index contributed by atoms with van der Waals surface area (Å²) in [6.07, 6.45) is 0.985. The fourth-order valence-corrected chi connectivity index (χ4v) is 2.58. The fourth-order valence-electron chi connectivity index (χ4n) is 1.59. The van der Waals surface area contributed by atoms with Crippen molar-refractivity contribution < 1.29 is 0 Å². The lowest BCUT2D eigenvalue weighted by Gasteiger charge is -2.03. The zero-order valence-corrected chi connectivity index (χ0v) is 11.3. The SMILES string of the molecule is Cc1csc(CCNCc2cccc(Cl)c2)n1. The Hall–Kier alpha value is -0.900. The van der Waals surface area contributed by atoms with Gasteiger partial charge in [0.05, 0.1) is 5.01 Å². The van der Waals surface area contributed by atoms with Crippen LogP contribution in [0.2, 0.25) is 5.02 Å². The maximum absolute atomic E-state index is 5.92. The van der Waals surface area contributed by atoms with Gasteiger partial charge in [-0.15, -0.1) is 11.3 Å². The topological polar surface area (TPSA) is 24.9 Å². The standard InChI is InChI=1S/C13H15ClN2S/c1-10-9-17-13(16-10)5-6-15-8-11-3-2-4-12(14)7-11/h2-4,7,9,15H,5-6,8H2,1H3. The van der Waals surface area contributed by atoms with Crippen molar-refractivity contribution in [1.82, 2.24) is 10.3 Å². The largest absolute Gasteiger partial charge is 0.312 e. The molecule has 0 aliphatic heterocycles. The molecule has 4 heteroatoms. The van der Waals surface area contributed by atoms with E-state index in [2.05, 4.69) is 21.7 Å². The Labute approximate surface area is 111 Å². The third kappa shape index (κ3) is 4.11. The summed E-state index contributed by atoms with van der Waals surface area (Å²) in [4.78, 5) is 4.43. The van der Waals surface area contributed by atoms with Gasteiger partial charge in [0.2, 0.25) is 0 Å². The molecule has 0 bridgehead atoms. The minimum absolute atomic E-state index is 0.792. The van der Waals surface area contributed by atoms with Crippen LogP contribution in [-0.2, 0) is 13.0 Å². The quantitative estimate of drug-likeness (QED) is 0.839. The molecular formula is C13H15ClN2S. The summed E-state index contributed by atoms with van der Waals surface area (Å²) < 4.78 is 0. The van der Waals surface area contributed by atoms with E-state index in [0.717, 1.165) is 30.2 Å². The molecule has 2 aromatic rings. The Kier molecular flexibility index (Phi) is 4.54. The number of hydrogen-bond donors (Lipinski definition) is 1. The number of aromatic nitrogens is 1. The first-order chi connectivity index (χ1) is 8.24. The molecule has 1 aromatic carbocycles. The lowest BCUT2D eigenvalue weighted by Crippen LogP contribution is -2.16. The highest BCUT2D eigenvalue weighted by molar-refractivity contribution is 7.09. The van der Waals surface area contributed by atoms with Gasteiger partial charge in [0, 0.05) is 35.6 Å². The van der Waals surface area contributed by atoms with Gasteiger partial charge < -0.3 is 5.32 Å². The number of hydrogen-bond acceptors (Lipinski definition) is 3. The molecule has 1 heterocycles. The smallest absolute Gasteiger partial charge is 0.0940 e. The van der Waals surface area contributed by atoms with Gasteiger partial charge >= 0.3 is 0 Å². The summed E-state index contributed by atoms with van der Waals surface area (Å²) >= 11 is 7.65. The highest BCUT2D eigenvalue weighted by Crippen LogP contribution is 2.11. The van der Waals surface area contributed by atoms with Crippen LogP contribution in [0, 0.1) is 6.92 Å². The van der Waals surface area contributed by atoms with E-state index in [0.29, 0.717) is 0 Å². The normalized spacial score (nSPS) is 10.7. The Morgan fingerprint density at radius 3 is 3.00 bits per heavy atom. The number of aryl methyl sites for hydroxylation is 1. The van der Waals surface area contributed by atoms with Gasteiger partial charge in [-0.1, -0.05) is 23.7 Å². The number of rotatable bonds is 5. The average Bonchev–Trinajstić information content (AvgIpc) is 2.71. The van der Waals surface area contributed by atoms with E-state index in [9.17, 15) is 0 Å². The Morgan fingerprint density at radius 2 is 2.29 bits per heavy atom. The molecule has 0 saturated carbocycles. The average molecular weight is 267 g/mol. The summed E-state index contributed by atoms with van der Waals surface area (Å²) in [5.74, 6) is 0. The molecule has 0 radical (unpaired) electrons. The number of halogens is 1. The molecule has 17 heavy (non-hydrogen) atoms. The molecule has 0 aliphatic carbocycles. The fraction of sp³-hybridized carbons (Fsp3) is 0.308. The van der Waals surface area contributed by atoms with Crippen LogP contribution in [0.25, 0.3) is 0 Å². The van der Waals surface area contributed by atoms with Crippen LogP contribution in [0.15, 0.2) is 29.6 Å². The molecule has 1 aromatic heterocycles. The molecule has 0 aliphatic rings. The minimum atomic E-state index is 0.792. The summed E-state index contributed by atoms with van der Waals surface area (Å²) in [7, 11) is 0. The van der Waals surface area contributed by atoms with Gasteiger partial charge in [-0.3, -0.25) is 0 Å². The minimum Gasteiger partial charge on any atom is -0.312 e. The van der Waals surface area contributed by atoms with E-state index < -0.39 is 0 Å². The molecule has 2 rings (SSSR count). The van der Waals surface area contributed by atoms with E-state index in [1.54, 1.807) is 11.3 Å². The maximum Gasteiger partial charge on any atom is 0.0940 e. The summed E-state index contributed by atoms with van der Waals surface area (Å²) in [5, 5.41) is 7.47. The van der Waals surface area contributed by atoms with Crippen molar-refractivity contribution in [2.75, 3.05) is 6.54 Å². The molecule has 90 valence electrons. The second kappa shape index (κ2) is 6.15. The summed E-state index contributed by atoms with van der Waals surface area (Å²) in [5.41, 5.74) is 2.33. The van der Waals surface area contributed by atoms with Crippen molar-refractivity contribution in [3.8, 4) is 0 Å². The molecule has 1 N–H and O–H groups in total. The summed E-state index contributed by atoms with van der Waals surface area (Å²) in [6, 6.07) is 7.93. The zero-order valence-electron chi connectivity index (χ0n) is 9.74. The lowest BCUT2D eigenvalue weighted by atomic mass is 10.2. The Balaban J connectivity index is 1.73. The van der Waals surface area contributed by atoms with Crippen LogP contribution in [0.4, 0.5) is 0 Å². The summed E-state index contributed by atoms with van der Waals surface area (Å²) in [6.45, 7) is 3.82. The third-order valence-corrected chi connectivity index (χ3v) is 3.66. The first-order valence-corrected chi connectivity index (χ1v) is 6.86. The van der Waals surface area contributed by atoms with E-state index in [-0.39, 0.29) is 0 Å². The number of nitrogens with zero attached hydrogens (tertiary/aromatic N) is 1. The van der Waals surface area contributed by atoms with Crippen molar-refractivity contribution in [3.63, 3.8) is 0 Å². The van der Waals surface area contributed by atoms with E-state index >= 15 is 0 Å². The van der Waals surface area contributed by atoms with Crippen molar-refractivity contribution in [2.45, 2.75) is 19.9 Å². The predicted molar refractivity (Wildman–Crippen MR) is 73.7 cm³/mol. The van der Waals surface area contributed by atoms with Crippen LogP contribution in [0.3, 0.4) is 0 Å². The van der Waals surface area contributed by atoms with Gasteiger partial charge in [-0.25, -0.2) is 4.98 Å². The molecule has 0 atom stereocenters. The second-order valence-electron chi connectivity index (χ2n) is 3.94. The van der Waals surface area contributed by atoms with Gasteiger partial charge in [0.15, 0.2) is 0 Å². The highest BCUT2D eigenvalue weighted by Gasteiger charge is 1.98. The van der Waals surface area contributed by atoms with Crippen LogP contribution in [0.5, 0.6) is 0 Å². The van der Waals surface area contributed by atoms with E-state index in [1.807, 2.05) is 25.1 Å². The van der Waals surface area contributed by atoms with Crippen molar-refractivity contribution >= 4 is 22.9 Å². The first-order valence-electron chi connectivity index (χ1n) is 5.60. The van der Waals surface area contributed by atoms with Gasteiger partial charge in [0.25, 0.3) is 0 Å². The molecule has 0 amide bonds. The Bertz CT molecular complexity index is 482. The van der Waals surface area contributed by atoms with Crippen molar-refractivity contribution in [1.29, 1.82) is 0 Å². The predicted octanol–water partition coefficient (Wildman–Crippen LogP) is 3.44. The second-order valence-corrected chi connectivity index (χ2v) is 5.32. The molecular weight excluding hydrogens is 252 g/mol. The lowest BCUT2D eigenvalue weighted by molar-refractivity contribution is 0.685. The van der Waals surface area contributed by atoms with Crippen LogP contribution >= 0.6 is 22.9 Å². The van der Waals surface area contributed by atoms with Crippen molar-refractivity contribution in [3.05, 3.63) is 50.9 Å². The molecule has 0 fully saturated rings. The van der Waals surface area contributed by atoms with Crippen LogP contribution in [-0.4, -0.2) is 11.5 Å². The first kappa shape index (κ1) is 12.6. The number of nitrogens with one attached hydrogen (secondary N) is 1. The molecule has 2 nitrogen and oxygen atoms in total. The molecule has 0 unspecified atom stereocenters. The van der Waals surface area contributed by atoms with Crippen LogP contribution < -0.4 is 5.32 Å². The van der Waals surface area contributed by atoms with Gasteiger partial charge in [-0.2, -0.15) is 0 Å². The third-order valence-electron chi connectivity index (χ3n) is 2.40. The highest BCUT2D eigenvalue weighted by atomic mass is 35.5. The zero-order chi connectivity index (χ0) is 12.1. The van der Waals surface area contributed by atoms with Crippen LogP contribution in [0.1, 0.15) is 16.3 Å². The molecule has 0 saturated heterocycles. The maximum atomic E-state index is 5.92. The monoisotopic (exact) mass is 266 g/mol. The van der Waals surface area contributed by atoms with E-state index in [1.165, 1.54) is 10.6 Å². The van der Waals surface area contributed by atoms with Gasteiger partial charge in [-0.05, 0) is 24.6 Å².